The molecule has 17 heavy (non-hydrogen) atoms. The molecule has 2 aliphatic heterocycles. The molecule has 0 radical (unpaired) electrons. The molecule has 0 aromatic rings. The predicted octanol–water partition coefficient (Wildman–Crippen LogP) is 2.89. The highest BCUT2D eigenvalue weighted by molar-refractivity contribution is 4.90. The van der Waals surface area contributed by atoms with Gasteiger partial charge in [0.1, 0.15) is 0 Å². The fourth-order valence-electron chi connectivity index (χ4n) is 3.73. The Morgan fingerprint density at radius 2 is 2.00 bits per heavy atom. The quantitative estimate of drug-likeness (QED) is 0.813. The second-order valence-corrected chi connectivity index (χ2v) is 7.11. The van der Waals surface area contributed by atoms with Gasteiger partial charge in [0.2, 0.25) is 0 Å². The summed E-state index contributed by atoms with van der Waals surface area (Å²) in [6.07, 6.45) is 6.91. The number of nitrogens with one attached hydrogen (secondary N) is 1. The SMILES string of the molecule is CCC1(CN2CCCC(C)(C)C2)CCCNC1. The lowest BCUT2D eigenvalue weighted by Crippen LogP contribution is -2.50. The topological polar surface area (TPSA) is 15.3 Å². The van der Waals surface area contributed by atoms with Gasteiger partial charge in [-0.2, -0.15) is 0 Å². The number of hydrogen-bond donors (Lipinski definition) is 1. The minimum atomic E-state index is 0.537. The van der Waals surface area contributed by atoms with Crippen molar-refractivity contribution < 1.29 is 0 Å². The Balaban J connectivity index is 1.93. The van der Waals surface area contributed by atoms with Gasteiger partial charge in [0, 0.05) is 19.6 Å². The maximum atomic E-state index is 3.61. The van der Waals surface area contributed by atoms with Gasteiger partial charge < -0.3 is 10.2 Å². The third-order valence-corrected chi connectivity index (χ3v) is 4.85. The molecule has 2 nitrogen and oxygen atoms in total. The monoisotopic (exact) mass is 238 g/mol. The molecule has 2 heteroatoms. The summed E-state index contributed by atoms with van der Waals surface area (Å²) in [5.74, 6) is 0. The van der Waals surface area contributed by atoms with Crippen molar-refractivity contribution in [1.29, 1.82) is 0 Å². The normalized spacial score (nSPS) is 34.8. The minimum absolute atomic E-state index is 0.537. The second kappa shape index (κ2) is 5.27. The van der Waals surface area contributed by atoms with E-state index >= 15 is 0 Å². The van der Waals surface area contributed by atoms with Crippen molar-refractivity contribution >= 4 is 0 Å². The third-order valence-electron chi connectivity index (χ3n) is 4.85. The molecule has 1 atom stereocenters. The van der Waals surface area contributed by atoms with Crippen LogP contribution >= 0.6 is 0 Å². The van der Waals surface area contributed by atoms with Crippen LogP contribution in [0, 0.1) is 10.8 Å². The zero-order chi connectivity index (χ0) is 12.4. The first kappa shape index (κ1) is 13.4. The van der Waals surface area contributed by atoms with Crippen molar-refractivity contribution in [2.24, 2.45) is 10.8 Å². The van der Waals surface area contributed by atoms with Crippen LogP contribution in [0.15, 0.2) is 0 Å². The van der Waals surface area contributed by atoms with Gasteiger partial charge in [0.05, 0.1) is 0 Å². The average molecular weight is 238 g/mol. The van der Waals surface area contributed by atoms with Crippen molar-refractivity contribution in [3.05, 3.63) is 0 Å². The number of nitrogens with zero attached hydrogens (tertiary/aromatic N) is 1. The van der Waals surface area contributed by atoms with Crippen LogP contribution in [0.4, 0.5) is 0 Å². The molecule has 0 spiro atoms. The highest BCUT2D eigenvalue weighted by Crippen LogP contribution is 2.35. The summed E-state index contributed by atoms with van der Waals surface area (Å²) in [4.78, 5) is 2.74. The lowest BCUT2D eigenvalue weighted by molar-refractivity contribution is 0.0535. The fourth-order valence-corrected chi connectivity index (χ4v) is 3.73. The van der Waals surface area contributed by atoms with Gasteiger partial charge >= 0.3 is 0 Å². The fraction of sp³-hybridized carbons (Fsp3) is 1.00. The molecule has 2 rings (SSSR count). The Kier molecular flexibility index (Phi) is 4.14. The van der Waals surface area contributed by atoms with Crippen molar-refractivity contribution in [2.45, 2.75) is 52.9 Å². The molecule has 2 aliphatic rings. The molecule has 1 N–H and O–H groups in total. The zero-order valence-electron chi connectivity index (χ0n) is 12.0. The Morgan fingerprint density at radius 3 is 2.59 bits per heavy atom. The third kappa shape index (κ3) is 3.45. The van der Waals surface area contributed by atoms with Crippen LogP contribution in [0.25, 0.3) is 0 Å². The van der Waals surface area contributed by atoms with E-state index in [0.717, 1.165) is 0 Å². The molecule has 0 bridgehead atoms. The maximum Gasteiger partial charge on any atom is 0.00503 e. The molecule has 0 saturated carbocycles. The van der Waals surface area contributed by atoms with Crippen LogP contribution in [0.3, 0.4) is 0 Å². The highest BCUT2D eigenvalue weighted by Gasteiger charge is 2.35. The van der Waals surface area contributed by atoms with Gasteiger partial charge in [-0.25, -0.2) is 0 Å². The zero-order valence-corrected chi connectivity index (χ0v) is 12.0. The Bertz CT molecular complexity index is 241. The predicted molar refractivity (Wildman–Crippen MR) is 74.3 cm³/mol. The summed E-state index contributed by atoms with van der Waals surface area (Å²) in [6.45, 7) is 13.6. The van der Waals surface area contributed by atoms with Gasteiger partial charge in [-0.3, -0.25) is 0 Å². The van der Waals surface area contributed by atoms with Crippen LogP contribution in [0.1, 0.15) is 52.9 Å². The standard InChI is InChI=1S/C15H30N2/c1-4-15(8-5-9-16-11-15)13-17-10-6-7-14(2,3)12-17/h16H,4-13H2,1-3H3. The first-order valence-corrected chi connectivity index (χ1v) is 7.48. The van der Waals surface area contributed by atoms with Crippen molar-refractivity contribution in [2.75, 3.05) is 32.7 Å². The first-order valence-electron chi connectivity index (χ1n) is 7.48. The van der Waals surface area contributed by atoms with Gasteiger partial charge in [0.25, 0.3) is 0 Å². The van der Waals surface area contributed by atoms with Crippen molar-refractivity contribution in [3.63, 3.8) is 0 Å². The van der Waals surface area contributed by atoms with Gasteiger partial charge in [0.15, 0.2) is 0 Å². The molecule has 100 valence electrons. The summed E-state index contributed by atoms with van der Waals surface area (Å²) in [5.41, 5.74) is 1.10. The van der Waals surface area contributed by atoms with Gasteiger partial charge in [-0.05, 0) is 56.0 Å². The lowest BCUT2D eigenvalue weighted by Gasteiger charge is -2.45. The number of piperidine rings is 2. The Morgan fingerprint density at radius 1 is 1.18 bits per heavy atom. The van der Waals surface area contributed by atoms with Crippen LogP contribution in [0.5, 0.6) is 0 Å². The summed E-state index contributed by atoms with van der Waals surface area (Å²) in [6, 6.07) is 0. The molecular formula is C15H30N2. The second-order valence-electron chi connectivity index (χ2n) is 7.11. The average Bonchev–Trinajstić information content (AvgIpc) is 2.29. The highest BCUT2D eigenvalue weighted by atomic mass is 15.1. The molecule has 0 aromatic heterocycles. The minimum Gasteiger partial charge on any atom is -0.316 e. The van der Waals surface area contributed by atoms with Crippen LogP contribution in [0.2, 0.25) is 0 Å². The van der Waals surface area contributed by atoms with Crippen molar-refractivity contribution in [1.82, 2.24) is 10.2 Å². The molecular weight excluding hydrogens is 208 g/mol. The van der Waals surface area contributed by atoms with Crippen LogP contribution in [-0.4, -0.2) is 37.6 Å². The first-order chi connectivity index (χ1) is 8.05. The summed E-state index contributed by atoms with van der Waals surface area (Å²) >= 11 is 0. The molecule has 0 aromatic carbocycles. The van der Waals surface area contributed by atoms with Gasteiger partial charge in [-0.15, -0.1) is 0 Å². The Labute approximate surface area is 107 Å². The molecule has 2 fully saturated rings. The molecule has 0 amide bonds. The summed E-state index contributed by atoms with van der Waals surface area (Å²) in [5, 5.41) is 3.61. The largest absolute Gasteiger partial charge is 0.316 e. The van der Waals surface area contributed by atoms with Crippen LogP contribution in [-0.2, 0) is 0 Å². The van der Waals surface area contributed by atoms with Crippen molar-refractivity contribution in [3.8, 4) is 0 Å². The summed E-state index contributed by atoms with van der Waals surface area (Å²) < 4.78 is 0. The number of rotatable bonds is 3. The molecule has 2 heterocycles. The summed E-state index contributed by atoms with van der Waals surface area (Å²) in [7, 11) is 0. The maximum absolute atomic E-state index is 3.61. The molecule has 0 aliphatic carbocycles. The van der Waals surface area contributed by atoms with E-state index in [1.807, 2.05) is 0 Å². The number of hydrogen-bond acceptors (Lipinski definition) is 2. The molecule has 2 saturated heterocycles. The van der Waals surface area contributed by atoms with E-state index in [2.05, 4.69) is 31.0 Å². The van der Waals surface area contributed by atoms with E-state index in [1.54, 1.807) is 0 Å². The van der Waals surface area contributed by atoms with E-state index in [0.29, 0.717) is 10.8 Å². The lowest BCUT2D eigenvalue weighted by atomic mass is 9.76. The smallest absolute Gasteiger partial charge is 0.00503 e. The van der Waals surface area contributed by atoms with E-state index in [4.69, 9.17) is 0 Å². The van der Waals surface area contributed by atoms with E-state index in [-0.39, 0.29) is 0 Å². The van der Waals surface area contributed by atoms with Gasteiger partial charge in [-0.1, -0.05) is 20.8 Å². The van der Waals surface area contributed by atoms with Crippen LogP contribution < -0.4 is 5.32 Å². The number of likely N-dealkylation sites (tertiary alicyclic amines) is 1. The van der Waals surface area contributed by atoms with E-state index in [1.165, 1.54) is 64.8 Å². The Hall–Kier alpha value is -0.0800. The molecule has 1 unspecified atom stereocenters. The van der Waals surface area contributed by atoms with E-state index < -0.39 is 0 Å². The van der Waals surface area contributed by atoms with E-state index in [9.17, 15) is 0 Å².